The lowest BCUT2D eigenvalue weighted by Crippen LogP contribution is -2.32. The van der Waals surface area contributed by atoms with Crippen LogP contribution < -0.4 is 15.0 Å². The number of sulfonamides is 1. The summed E-state index contributed by atoms with van der Waals surface area (Å²) >= 11 is 0. The van der Waals surface area contributed by atoms with Gasteiger partial charge in [0.05, 0.1) is 10.4 Å². The highest BCUT2D eigenvalue weighted by atomic mass is 32.2. The third-order valence-electron chi connectivity index (χ3n) is 6.37. The SMILES string of the molecule is CC(C)(C)c1ccc(S(=O)(=O)N(Cc2cccnc2)Cc2cc3cc4c(cc3[nH]c2=O)OCCO4)cc1. The summed E-state index contributed by atoms with van der Waals surface area (Å²) in [6, 6.07) is 15.7. The first-order chi connectivity index (χ1) is 17.6. The van der Waals surface area contributed by atoms with Crippen molar-refractivity contribution in [2.75, 3.05) is 13.2 Å². The van der Waals surface area contributed by atoms with E-state index in [1.807, 2.05) is 18.2 Å². The highest BCUT2D eigenvalue weighted by Gasteiger charge is 2.27. The van der Waals surface area contributed by atoms with Gasteiger partial charge in [-0.3, -0.25) is 9.78 Å². The van der Waals surface area contributed by atoms with Crippen LogP contribution in [0.3, 0.4) is 0 Å². The summed E-state index contributed by atoms with van der Waals surface area (Å²) in [6.45, 7) is 7.06. The van der Waals surface area contributed by atoms with Gasteiger partial charge in [0, 0.05) is 42.5 Å². The lowest BCUT2D eigenvalue weighted by atomic mass is 9.87. The molecule has 3 heterocycles. The van der Waals surface area contributed by atoms with Crippen LogP contribution in [0.2, 0.25) is 0 Å². The Balaban J connectivity index is 1.54. The number of aromatic nitrogens is 2. The maximum atomic E-state index is 13.8. The summed E-state index contributed by atoms with van der Waals surface area (Å²) in [6.07, 6.45) is 3.26. The molecule has 192 valence electrons. The second kappa shape index (κ2) is 9.64. The number of fused-ring (bicyclic) bond motifs is 2. The van der Waals surface area contributed by atoms with Gasteiger partial charge in [-0.05, 0) is 46.9 Å². The molecule has 0 bridgehead atoms. The van der Waals surface area contributed by atoms with Crippen LogP contribution in [0, 0.1) is 0 Å². The van der Waals surface area contributed by atoms with Gasteiger partial charge in [0.2, 0.25) is 10.0 Å². The molecule has 2 aromatic heterocycles. The van der Waals surface area contributed by atoms with Crippen molar-refractivity contribution in [3.05, 3.63) is 94.0 Å². The molecule has 0 saturated heterocycles. The topological polar surface area (TPSA) is 102 Å². The molecule has 4 aromatic rings. The number of ether oxygens (including phenoxy) is 2. The number of hydrogen-bond acceptors (Lipinski definition) is 6. The van der Waals surface area contributed by atoms with E-state index in [-0.39, 0.29) is 29.0 Å². The van der Waals surface area contributed by atoms with Gasteiger partial charge in [-0.25, -0.2) is 8.42 Å². The molecule has 37 heavy (non-hydrogen) atoms. The molecule has 0 radical (unpaired) electrons. The summed E-state index contributed by atoms with van der Waals surface area (Å²) in [5.74, 6) is 1.16. The van der Waals surface area contributed by atoms with Crippen LogP contribution >= 0.6 is 0 Å². The van der Waals surface area contributed by atoms with Gasteiger partial charge in [0.25, 0.3) is 5.56 Å². The van der Waals surface area contributed by atoms with Crippen LogP contribution in [-0.2, 0) is 28.5 Å². The van der Waals surface area contributed by atoms with Gasteiger partial charge in [0.1, 0.15) is 13.2 Å². The molecule has 0 aliphatic carbocycles. The fourth-order valence-electron chi connectivity index (χ4n) is 4.29. The largest absolute Gasteiger partial charge is 0.486 e. The van der Waals surface area contributed by atoms with E-state index in [2.05, 4.69) is 30.7 Å². The van der Waals surface area contributed by atoms with E-state index in [1.165, 1.54) is 4.31 Å². The van der Waals surface area contributed by atoms with Crippen molar-refractivity contribution in [2.24, 2.45) is 0 Å². The first kappa shape index (κ1) is 25.0. The van der Waals surface area contributed by atoms with Crippen LogP contribution in [0.4, 0.5) is 0 Å². The van der Waals surface area contributed by atoms with Crippen molar-refractivity contribution in [3.63, 3.8) is 0 Å². The monoisotopic (exact) mass is 519 g/mol. The Bertz CT molecular complexity index is 1590. The maximum Gasteiger partial charge on any atom is 0.252 e. The van der Waals surface area contributed by atoms with E-state index in [9.17, 15) is 13.2 Å². The molecule has 0 fully saturated rings. The van der Waals surface area contributed by atoms with Crippen molar-refractivity contribution >= 4 is 20.9 Å². The number of benzene rings is 2. The van der Waals surface area contributed by atoms with Gasteiger partial charge >= 0.3 is 0 Å². The molecule has 0 saturated carbocycles. The highest BCUT2D eigenvalue weighted by molar-refractivity contribution is 7.89. The van der Waals surface area contributed by atoms with Crippen LogP contribution in [0.25, 0.3) is 10.9 Å². The second-order valence-electron chi connectivity index (χ2n) is 10.1. The van der Waals surface area contributed by atoms with E-state index < -0.39 is 10.0 Å². The molecule has 8 nitrogen and oxygen atoms in total. The Morgan fingerprint density at radius 2 is 1.68 bits per heavy atom. The van der Waals surface area contributed by atoms with Crippen molar-refractivity contribution in [3.8, 4) is 11.5 Å². The predicted octanol–water partition coefficient (Wildman–Crippen LogP) is 4.38. The van der Waals surface area contributed by atoms with Gasteiger partial charge < -0.3 is 14.5 Å². The van der Waals surface area contributed by atoms with E-state index >= 15 is 0 Å². The van der Waals surface area contributed by atoms with Crippen LogP contribution in [-0.4, -0.2) is 35.9 Å². The van der Waals surface area contributed by atoms with Gasteiger partial charge in [-0.1, -0.05) is 39.0 Å². The Hall–Kier alpha value is -3.69. The predicted molar refractivity (Wildman–Crippen MR) is 141 cm³/mol. The number of hydrogen-bond donors (Lipinski definition) is 1. The van der Waals surface area contributed by atoms with E-state index in [4.69, 9.17) is 9.47 Å². The Morgan fingerprint density at radius 1 is 0.973 bits per heavy atom. The first-order valence-corrected chi connectivity index (χ1v) is 13.5. The summed E-state index contributed by atoms with van der Waals surface area (Å²) < 4.78 is 40.3. The minimum absolute atomic E-state index is 0.0653. The van der Waals surface area contributed by atoms with E-state index in [0.717, 1.165) is 10.9 Å². The zero-order valence-electron chi connectivity index (χ0n) is 21.0. The van der Waals surface area contributed by atoms with Crippen molar-refractivity contribution in [1.82, 2.24) is 14.3 Å². The Kier molecular flexibility index (Phi) is 6.51. The highest BCUT2D eigenvalue weighted by Crippen LogP contribution is 2.34. The summed E-state index contributed by atoms with van der Waals surface area (Å²) in [5.41, 5.74) is 2.20. The third-order valence-corrected chi connectivity index (χ3v) is 8.18. The average Bonchev–Trinajstić information content (AvgIpc) is 2.88. The molecule has 0 unspecified atom stereocenters. The second-order valence-corrected chi connectivity index (χ2v) is 12.1. The van der Waals surface area contributed by atoms with Gasteiger partial charge in [-0.2, -0.15) is 4.31 Å². The average molecular weight is 520 g/mol. The van der Waals surface area contributed by atoms with Crippen molar-refractivity contribution < 1.29 is 17.9 Å². The Morgan fingerprint density at radius 3 is 2.32 bits per heavy atom. The molecule has 0 spiro atoms. The molecule has 1 N–H and O–H groups in total. The van der Waals surface area contributed by atoms with E-state index in [1.54, 1.807) is 48.8 Å². The van der Waals surface area contributed by atoms with Crippen LogP contribution in [0.1, 0.15) is 37.5 Å². The lowest BCUT2D eigenvalue weighted by Gasteiger charge is -2.24. The molecule has 2 aromatic carbocycles. The molecule has 1 aliphatic heterocycles. The Labute approximate surface area is 215 Å². The molecule has 5 rings (SSSR count). The number of pyridine rings is 2. The van der Waals surface area contributed by atoms with Crippen LogP contribution in [0.15, 0.2) is 76.7 Å². The normalized spacial score (nSPS) is 13.7. The van der Waals surface area contributed by atoms with Gasteiger partial charge in [0.15, 0.2) is 11.5 Å². The number of nitrogens with one attached hydrogen (secondary N) is 1. The quantitative estimate of drug-likeness (QED) is 0.406. The fourth-order valence-corrected chi connectivity index (χ4v) is 5.70. The third kappa shape index (κ3) is 5.23. The van der Waals surface area contributed by atoms with Gasteiger partial charge in [-0.15, -0.1) is 0 Å². The summed E-state index contributed by atoms with van der Waals surface area (Å²) in [4.78, 5) is 20.2. The number of nitrogens with zero attached hydrogens (tertiary/aromatic N) is 2. The van der Waals surface area contributed by atoms with Crippen molar-refractivity contribution in [1.29, 1.82) is 0 Å². The molecular weight excluding hydrogens is 490 g/mol. The minimum Gasteiger partial charge on any atom is -0.486 e. The first-order valence-electron chi connectivity index (χ1n) is 12.1. The maximum absolute atomic E-state index is 13.8. The smallest absolute Gasteiger partial charge is 0.252 e. The number of aromatic amines is 1. The van der Waals surface area contributed by atoms with Crippen LogP contribution in [0.5, 0.6) is 11.5 Å². The molecule has 9 heteroatoms. The summed E-state index contributed by atoms with van der Waals surface area (Å²) in [5, 5.41) is 0.729. The van der Waals surface area contributed by atoms with E-state index in [0.29, 0.717) is 41.4 Å². The molecular formula is C28H29N3O5S. The van der Waals surface area contributed by atoms with Crippen molar-refractivity contribution in [2.45, 2.75) is 44.2 Å². The zero-order valence-corrected chi connectivity index (χ0v) is 21.8. The fraction of sp³-hybridized carbons (Fsp3) is 0.286. The minimum atomic E-state index is -3.94. The molecule has 0 atom stereocenters. The standard InChI is InChI=1S/C28H29N3O5S/c1-28(2,3)22-6-8-23(9-7-22)37(33,34)31(17-19-5-4-10-29-16-19)18-21-13-20-14-25-26(36-12-11-35-25)15-24(20)30-27(21)32/h4-10,13-16H,11-12,17-18H2,1-3H3,(H,30,32). The molecule has 0 amide bonds. The summed E-state index contributed by atoms with van der Waals surface area (Å²) in [7, 11) is -3.94. The number of H-pyrrole nitrogens is 1. The lowest BCUT2D eigenvalue weighted by molar-refractivity contribution is 0.172. The number of rotatable bonds is 6. The zero-order chi connectivity index (χ0) is 26.2. The molecule has 1 aliphatic rings.